The average molecular weight is 347 g/mol. The lowest BCUT2D eigenvalue weighted by atomic mass is 9.89. The maximum absolute atomic E-state index is 12.5. The Morgan fingerprint density at radius 2 is 2.16 bits per heavy atom. The molecule has 1 aliphatic rings. The lowest BCUT2D eigenvalue weighted by Crippen LogP contribution is -2.38. The molecule has 19 heavy (non-hydrogen) atoms. The predicted molar refractivity (Wildman–Crippen MR) is 74.8 cm³/mol. The Balaban J connectivity index is 2.31. The van der Waals surface area contributed by atoms with E-state index in [2.05, 4.69) is 15.9 Å². The first-order valence-corrected chi connectivity index (χ1v) is 8.05. The second-order valence-corrected chi connectivity index (χ2v) is 7.82. The van der Waals surface area contributed by atoms with Gasteiger partial charge in [-0.25, -0.2) is 8.42 Å². The highest BCUT2D eigenvalue weighted by atomic mass is 79.9. The molecule has 1 saturated heterocycles. The maximum atomic E-state index is 12.5. The Labute approximate surface area is 121 Å². The highest BCUT2D eigenvalue weighted by Gasteiger charge is 2.43. The molecule has 0 radical (unpaired) electrons. The highest BCUT2D eigenvalue weighted by molar-refractivity contribution is 9.10. The molecule has 1 aromatic carbocycles. The van der Waals surface area contributed by atoms with Gasteiger partial charge < -0.3 is 5.73 Å². The number of halogens is 1. The van der Waals surface area contributed by atoms with Crippen LogP contribution in [0.25, 0.3) is 0 Å². The van der Waals surface area contributed by atoms with Gasteiger partial charge in [-0.15, -0.1) is 0 Å². The number of carbonyl (C=O) groups is 1. The third-order valence-electron chi connectivity index (χ3n) is 3.47. The second-order valence-electron chi connectivity index (χ2n) is 4.97. The topological polar surface area (TPSA) is 80.5 Å². The first kappa shape index (κ1) is 14.5. The van der Waals surface area contributed by atoms with Crippen LogP contribution in [0.1, 0.15) is 13.3 Å². The van der Waals surface area contributed by atoms with E-state index >= 15 is 0 Å². The molecule has 0 saturated carbocycles. The lowest BCUT2D eigenvalue weighted by molar-refractivity contribution is -0.126. The van der Waals surface area contributed by atoms with Gasteiger partial charge in [-0.05, 0) is 31.5 Å². The Bertz CT molecular complexity index is 617. The minimum Gasteiger partial charge on any atom is -0.369 e. The van der Waals surface area contributed by atoms with Crippen molar-refractivity contribution in [1.82, 2.24) is 4.31 Å². The minimum absolute atomic E-state index is 0.136. The van der Waals surface area contributed by atoms with E-state index in [1.807, 2.05) is 0 Å². The summed E-state index contributed by atoms with van der Waals surface area (Å²) in [6.45, 7) is 2.15. The molecule has 1 heterocycles. The average Bonchev–Trinajstić information content (AvgIpc) is 2.74. The summed E-state index contributed by atoms with van der Waals surface area (Å²) in [5.74, 6) is -0.459. The van der Waals surface area contributed by atoms with Crippen LogP contribution in [0.2, 0.25) is 0 Å². The van der Waals surface area contributed by atoms with Gasteiger partial charge in [0.1, 0.15) is 0 Å². The van der Waals surface area contributed by atoms with Gasteiger partial charge in [-0.1, -0.05) is 22.0 Å². The van der Waals surface area contributed by atoms with Gasteiger partial charge in [0.05, 0.1) is 10.3 Å². The van der Waals surface area contributed by atoms with Crippen LogP contribution in [0.15, 0.2) is 33.6 Å². The van der Waals surface area contributed by atoms with Crippen LogP contribution >= 0.6 is 15.9 Å². The van der Waals surface area contributed by atoms with Gasteiger partial charge >= 0.3 is 0 Å². The van der Waals surface area contributed by atoms with Crippen molar-refractivity contribution >= 4 is 31.9 Å². The molecule has 1 aliphatic heterocycles. The largest absolute Gasteiger partial charge is 0.369 e. The van der Waals surface area contributed by atoms with Crippen molar-refractivity contribution in [2.45, 2.75) is 18.2 Å². The zero-order chi connectivity index (χ0) is 14.3. The monoisotopic (exact) mass is 346 g/mol. The van der Waals surface area contributed by atoms with Crippen LogP contribution in [0.5, 0.6) is 0 Å². The number of amides is 1. The fourth-order valence-electron chi connectivity index (χ4n) is 2.10. The number of carbonyl (C=O) groups excluding carboxylic acids is 1. The molecular weight excluding hydrogens is 332 g/mol. The zero-order valence-corrected chi connectivity index (χ0v) is 12.9. The van der Waals surface area contributed by atoms with Crippen LogP contribution in [-0.4, -0.2) is 31.7 Å². The first-order chi connectivity index (χ1) is 8.75. The SMILES string of the molecule is CC1(C(N)=O)CCN(S(=O)(=O)c2cccc(Br)c2)C1. The van der Waals surface area contributed by atoms with Gasteiger partial charge in [-0.3, -0.25) is 4.79 Å². The van der Waals surface area contributed by atoms with E-state index in [0.717, 1.165) is 0 Å². The van der Waals surface area contributed by atoms with Gasteiger partial charge in [-0.2, -0.15) is 4.31 Å². The summed E-state index contributed by atoms with van der Waals surface area (Å²) in [6, 6.07) is 6.52. The number of nitrogens with two attached hydrogens (primary N) is 1. The Kier molecular flexibility index (Phi) is 3.72. The third-order valence-corrected chi connectivity index (χ3v) is 5.80. The molecule has 1 amide bonds. The molecule has 104 valence electrons. The summed E-state index contributed by atoms with van der Waals surface area (Å²) in [5.41, 5.74) is 4.55. The summed E-state index contributed by atoms with van der Waals surface area (Å²) in [6.07, 6.45) is 0.454. The molecule has 2 N–H and O–H groups in total. The van der Waals surface area contributed by atoms with Crippen LogP contribution in [-0.2, 0) is 14.8 Å². The molecule has 7 heteroatoms. The Hall–Kier alpha value is -0.920. The number of nitrogens with zero attached hydrogens (tertiary/aromatic N) is 1. The van der Waals surface area contributed by atoms with E-state index in [9.17, 15) is 13.2 Å². The highest BCUT2D eigenvalue weighted by Crippen LogP contribution is 2.33. The van der Waals surface area contributed by atoms with E-state index < -0.39 is 21.3 Å². The summed E-state index contributed by atoms with van der Waals surface area (Å²) in [7, 11) is -3.57. The number of primary amides is 1. The molecule has 1 aromatic rings. The molecule has 1 fully saturated rings. The summed E-state index contributed by atoms with van der Waals surface area (Å²) < 4.78 is 26.9. The normalized spacial score (nSPS) is 24.5. The molecule has 5 nitrogen and oxygen atoms in total. The van der Waals surface area contributed by atoms with Gasteiger partial charge in [0.15, 0.2) is 0 Å². The van der Waals surface area contributed by atoms with Gasteiger partial charge in [0.25, 0.3) is 0 Å². The lowest BCUT2D eigenvalue weighted by Gasteiger charge is -2.21. The van der Waals surface area contributed by atoms with Crippen LogP contribution < -0.4 is 5.73 Å². The van der Waals surface area contributed by atoms with Gasteiger partial charge in [0, 0.05) is 17.6 Å². The van der Waals surface area contributed by atoms with Crippen molar-refractivity contribution in [3.63, 3.8) is 0 Å². The van der Waals surface area contributed by atoms with E-state index in [1.165, 1.54) is 4.31 Å². The molecule has 0 aromatic heterocycles. The summed E-state index contributed by atoms with van der Waals surface area (Å²) in [5, 5.41) is 0. The number of hydrogen-bond donors (Lipinski definition) is 1. The van der Waals surface area contributed by atoms with Gasteiger partial charge in [0.2, 0.25) is 15.9 Å². The Morgan fingerprint density at radius 1 is 1.47 bits per heavy atom. The van der Waals surface area contributed by atoms with Crippen LogP contribution in [0.4, 0.5) is 0 Å². The molecule has 0 bridgehead atoms. The summed E-state index contributed by atoms with van der Waals surface area (Å²) in [4.78, 5) is 11.6. The Morgan fingerprint density at radius 3 is 2.68 bits per heavy atom. The van der Waals surface area contributed by atoms with E-state index in [4.69, 9.17) is 5.73 Å². The van der Waals surface area contributed by atoms with Crippen LogP contribution in [0.3, 0.4) is 0 Å². The summed E-state index contributed by atoms with van der Waals surface area (Å²) >= 11 is 3.25. The van der Waals surface area contributed by atoms with Crippen molar-refractivity contribution in [2.75, 3.05) is 13.1 Å². The van der Waals surface area contributed by atoms with Crippen molar-refractivity contribution in [2.24, 2.45) is 11.1 Å². The maximum Gasteiger partial charge on any atom is 0.243 e. The number of sulfonamides is 1. The molecule has 1 unspecified atom stereocenters. The third kappa shape index (κ3) is 2.68. The number of hydrogen-bond acceptors (Lipinski definition) is 3. The van der Waals surface area contributed by atoms with Crippen LogP contribution in [0, 0.1) is 5.41 Å². The smallest absolute Gasteiger partial charge is 0.243 e. The van der Waals surface area contributed by atoms with Crippen molar-refractivity contribution in [1.29, 1.82) is 0 Å². The fraction of sp³-hybridized carbons (Fsp3) is 0.417. The van der Waals surface area contributed by atoms with Crippen molar-refractivity contribution < 1.29 is 13.2 Å². The predicted octanol–water partition coefficient (Wildman–Crippen LogP) is 1.34. The first-order valence-electron chi connectivity index (χ1n) is 5.81. The minimum atomic E-state index is -3.57. The van der Waals surface area contributed by atoms with Crippen molar-refractivity contribution in [3.8, 4) is 0 Å². The molecular formula is C12H15BrN2O3S. The molecule has 0 aliphatic carbocycles. The standard InChI is InChI=1S/C12H15BrN2O3S/c1-12(11(14)16)5-6-15(8-12)19(17,18)10-4-2-3-9(13)7-10/h2-4,7H,5-6,8H2,1H3,(H2,14,16). The van der Waals surface area contributed by atoms with E-state index in [1.54, 1.807) is 31.2 Å². The fourth-order valence-corrected chi connectivity index (χ4v) is 4.26. The molecule has 2 rings (SSSR count). The molecule has 1 atom stereocenters. The quantitative estimate of drug-likeness (QED) is 0.896. The van der Waals surface area contributed by atoms with E-state index in [0.29, 0.717) is 17.4 Å². The van der Waals surface area contributed by atoms with E-state index in [-0.39, 0.29) is 11.4 Å². The second kappa shape index (κ2) is 4.88. The number of rotatable bonds is 3. The number of benzene rings is 1. The zero-order valence-electron chi connectivity index (χ0n) is 10.5. The van der Waals surface area contributed by atoms with Crippen molar-refractivity contribution in [3.05, 3.63) is 28.7 Å². The molecule has 0 spiro atoms.